The largest absolute Gasteiger partial charge is 0.394 e. The Labute approximate surface area is 148 Å². The van der Waals surface area contributed by atoms with Gasteiger partial charge in [-0.15, -0.1) is 34.2 Å². The number of nitrogens with one attached hydrogen (secondary N) is 2. The van der Waals surface area contributed by atoms with Gasteiger partial charge in [-0.3, -0.25) is 4.99 Å². The second-order valence-corrected chi connectivity index (χ2v) is 4.32. The third-order valence-corrected chi connectivity index (χ3v) is 2.74. The number of aliphatic imine (C=N–C) groups is 1. The van der Waals surface area contributed by atoms with Crippen LogP contribution in [0.5, 0.6) is 0 Å². The molecule has 1 aromatic rings. The number of ether oxygens (including phenoxy) is 1. The Hall–Kier alpha value is -0.940. The summed E-state index contributed by atoms with van der Waals surface area (Å²) in [4.78, 5) is 4.39. The van der Waals surface area contributed by atoms with Crippen LogP contribution in [-0.4, -0.2) is 65.3 Å². The van der Waals surface area contributed by atoms with Crippen molar-refractivity contribution in [3.05, 3.63) is 12.2 Å². The maximum Gasteiger partial charge on any atom is 0.191 e. The molecule has 0 saturated carbocycles. The van der Waals surface area contributed by atoms with E-state index < -0.39 is 0 Å². The summed E-state index contributed by atoms with van der Waals surface area (Å²) in [6, 6.07) is 0. The van der Waals surface area contributed by atoms with Crippen molar-refractivity contribution in [2.45, 2.75) is 26.8 Å². The first kappa shape index (κ1) is 21.1. The summed E-state index contributed by atoms with van der Waals surface area (Å²) >= 11 is 0. The first-order chi connectivity index (χ1) is 10.3. The van der Waals surface area contributed by atoms with Gasteiger partial charge in [0.25, 0.3) is 0 Å². The average molecular weight is 426 g/mol. The van der Waals surface area contributed by atoms with Crippen LogP contribution in [-0.2, 0) is 17.7 Å². The standard InChI is InChI=1S/C13H26N6O2.HI/c1-3-12-18-17-11-19(12)7-5-15-13(14-4-2)16-6-9-21-10-8-20;/h11,20H,3-10H2,1-2H3,(H2,14,15,16);1H. The van der Waals surface area contributed by atoms with Crippen molar-refractivity contribution < 1.29 is 9.84 Å². The molecular weight excluding hydrogens is 399 g/mol. The van der Waals surface area contributed by atoms with Crippen molar-refractivity contribution in [1.82, 2.24) is 25.4 Å². The number of aromatic nitrogens is 3. The van der Waals surface area contributed by atoms with Crippen molar-refractivity contribution in [3.8, 4) is 0 Å². The Kier molecular flexibility index (Phi) is 13.1. The van der Waals surface area contributed by atoms with E-state index in [1.165, 1.54) is 0 Å². The van der Waals surface area contributed by atoms with Crippen LogP contribution >= 0.6 is 24.0 Å². The molecule has 22 heavy (non-hydrogen) atoms. The monoisotopic (exact) mass is 426 g/mol. The third-order valence-electron chi connectivity index (χ3n) is 2.74. The Balaban J connectivity index is 0.00000441. The minimum absolute atomic E-state index is 0. The van der Waals surface area contributed by atoms with Gasteiger partial charge in [0.2, 0.25) is 0 Å². The average Bonchev–Trinajstić information content (AvgIpc) is 2.94. The highest BCUT2D eigenvalue weighted by atomic mass is 127. The molecule has 128 valence electrons. The molecule has 1 heterocycles. The summed E-state index contributed by atoms with van der Waals surface area (Å²) in [6.45, 7) is 7.88. The zero-order valence-electron chi connectivity index (χ0n) is 13.3. The van der Waals surface area contributed by atoms with Gasteiger partial charge < -0.3 is 25.0 Å². The Morgan fingerprint density at radius 3 is 2.86 bits per heavy atom. The molecule has 1 rings (SSSR count). The van der Waals surface area contributed by atoms with E-state index in [4.69, 9.17) is 9.84 Å². The second-order valence-electron chi connectivity index (χ2n) is 4.32. The van der Waals surface area contributed by atoms with E-state index in [2.05, 4.69) is 32.7 Å². The molecule has 0 aliphatic rings. The Morgan fingerprint density at radius 1 is 1.36 bits per heavy atom. The molecule has 3 N–H and O–H groups in total. The number of halogens is 1. The molecule has 0 aliphatic carbocycles. The SMILES string of the molecule is CCNC(=NCCOCCO)NCCn1cnnc1CC.I. The van der Waals surface area contributed by atoms with Gasteiger partial charge in [0.1, 0.15) is 12.2 Å². The number of nitrogens with zero attached hydrogens (tertiary/aromatic N) is 4. The summed E-state index contributed by atoms with van der Waals surface area (Å²) in [5.74, 6) is 1.74. The lowest BCUT2D eigenvalue weighted by Crippen LogP contribution is -2.39. The van der Waals surface area contributed by atoms with Gasteiger partial charge in [-0.05, 0) is 6.92 Å². The summed E-state index contributed by atoms with van der Waals surface area (Å²) < 4.78 is 7.20. The van der Waals surface area contributed by atoms with Crippen molar-refractivity contribution in [2.24, 2.45) is 4.99 Å². The quantitative estimate of drug-likeness (QED) is 0.211. The van der Waals surface area contributed by atoms with E-state index >= 15 is 0 Å². The number of aryl methyl sites for hydroxylation is 1. The van der Waals surface area contributed by atoms with Gasteiger partial charge in [-0.1, -0.05) is 6.92 Å². The van der Waals surface area contributed by atoms with Gasteiger partial charge in [0.15, 0.2) is 5.96 Å². The minimum atomic E-state index is 0. The molecule has 9 heteroatoms. The smallest absolute Gasteiger partial charge is 0.191 e. The summed E-state index contributed by atoms with van der Waals surface area (Å²) in [6.07, 6.45) is 2.61. The fourth-order valence-corrected chi connectivity index (χ4v) is 1.76. The maximum atomic E-state index is 8.61. The maximum absolute atomic E-state index is 8.61. The minimum Gasteiger partial charge on any atom is -0.394 e. The van der Waals surface area contributed by atoms with Gasteiger partial charge >= 0.3 is 0 Å². The van der Waals surface area contributed by atoms with Crippen LogP contribution in [0, 0.1) is 0 Å². The summed E-state index contributed by atoms with van der Waals surface area (Å²) in [5.41, 5.74) is 0. The molecular formula is C13H27IN6O2. The van der Waals surface area contributed by atoms with E-state index in [1.54, 1.807) is 6.33 Å². The Bertz CT molecular complexity index is 413. The van der Waals surface area contributed by atoms with E-state index in [0.29, 0.717) is 19.8 Å². The number of aliphatic hydroxyl groups excluding tert-OH is 1. The van der Waals surface area contributed by atoms with Gasteiger partial charge in [-0.2, -0.15) is 0 Å². The fourth-order valence-electron chi connectivity index (χ4n) is 1.76. The highest BCUT2D eigenvalue weighted by Crippen LogP contribution is 1.94. The molecule has 0 unspecified atom stereocenters. The van der Waals surface area contributed by atoms with Gasteiger partial charge in [0.05, 0.1) is 26.4 Å². The first-order valence-corrected chi connectivity index (χ1v) is 7.39. The van der Waals surface area contributed by atoms with E-state index in [-0.39, 0.29) is 30.6 Å². The zero-order chi connectivity index (χ0) is 15.3. The molecule has 0 aromatic carbocycles. The van der Waals surface area contributed by atoms with Crippen LogP contribution in [0.25, 0.3) is 0 Å². The topological polar surface area (TPSA) is 96.6 Å². The van der Waals surface area contributed by atoms with Crippen LogP contribution in [0.1, 0.15) is 19.7 Å². The fraction of sp³-hybridized carbons (Fsp3) is 0.769. The lowest BCUT2D eigenvalue weighted by molar-refractivity contribution is 0.0977. The van der Waals surface area contributed by atoms with Gasteiger partial charge in [0, 0.05) is 26.1 Å². The number of rotatable bonds is 10. The van der Waals surface area contributed by atoms with Crippen LogP contribution in [0.2, 0.25) is 0 Å². The molecule has 0 bridgehead atoms. The van der Waals surface area contributed by atoms with Crippen molar-refractivity contribution in [3.63, 3.8) is 0 Å². The number of hydrogen-bond donors (Lipinski definition) is 3. The zero-order valence-corrected chi connectivity index (χ0v) is 15.6. The molecule has 0 spiro atoms. The number of hydrogen-bond acceptors (Lipinski definition) is 5. The molecule has 8 nitrogen and oxygen atoms in total. The van der Waals surface area contributed by atoms with Crippen molar-refractivity contribution in [2.75, 3.05) is 39.5 Å². The lowest BCUT2D eigenvalue weighted by Gasteiger charge is -2.12. The molecule has 0 atom stereocenters. The van der Waals surface area contributed by atoms with Crippen molar-refractivity contribution >= 4 is 29.9 Å². The predicted molar refractivity (Wildman–Crippen MR) is 96.7 cm³/mol. The molecule has 0 saturated heterocycles. The predicted octanol–water partition coefficient (Wildman–Crippen LogP) is 0.0225. The first-order valence-electron chi connectivity index (χ1n) is 7.39. The van der Waals surface area contributed by atoms with Crippen LogP contribution in [0.4, 0.5) is 0 Å². The van der Waals surface area contributed by atoms with E-state index in [0.717, 1.165) is 37.8 Å². The second kappa shape index (κ2) is 13.7. The third kappa shape index (κ3) is 8.49. The van der Waals surface area contributed by atoms with Crippen LogP contribution in [0.3, 0.4) is 0 Å². The Morgan fingerprint density at radius 2 is 2.18 bits per heavy atom. The highest BCUT2D eigenvalue weighted by molar-refractivity contribution is 14.0. The molecule has 0 amide bonds. The number of guanidine groups is 1. The molecule has 1 aromatic heterocycles. The number of aliphatic hydroxyl groups is 1. The van der Waals surface area contributed by atoms with Crippen LogP contribution < -0.4 is 10.6 Å². The summed E-state index contributed by atoms with van der Waals surface area (Å²) in [5, 5.41) is 23.0. The highest BCUT2D eigenvalue weighted by Gasteiger charge is 2.02. The van der Waals surface area contributed by atoms with Crippen LogP contribution in [0.15, 0.2) is 11.3 Å². The normalized spacial score (nSPS) is 11.1. The van der Waals surface area contributed by atoms with Gasteiger partial charge in [-0.25, -0.2) is 0 Å². The van der Waals surface area contributed by atoms with Crippen molar-refractivity contribution in [1.29, 1.82) is 0 Å². The molecule has 0 fully saturated rings. The van der Waals surface area contributed by atoms with E-state index in [1.807, 2.05) is 11.5 Å². The molecule has 0 aliphatic heterocycles. The molecule has 0 radical (unpaired) electrons. The summed E-state index contributed by atoms with van der Waals surface area (Å²) in [7, 11) is 0. The lowest BCUT2D eigenvalue weighted by atomic mass is 10.4. The van der Waals surface area contributed by atoms with E-state index in [9.17, 15) is 0 Å².